The lowest BCUT2D eigenvalue weighted by molar-refractivity contribution is 0.102. The van der Waals surface area contributed by atoms with Crippen LogP contribution in [0.5, 0.6) is 0 Å². The van der Waals surface area contributed by atoms with E-state index in [9.17, 15) is 4.79 Å². The Bertz CT molecular complexity index is 1090. The Morgan fingerprint density at radius 2 is 1.96 bits per heavy atom. The van der Waals surface area contributed by atoms with E-state index < -0.39 is 0 Å². The highest BCUT2D eigenvalue weighted by Crippen LogP contribution is 2.23. The number of anilines is 1. The number of nitrogens with one attached hydrogen (secondary N) is 2. The van der Waals surface area contributed by atoms with E-state index in [1.807, 2.05) is 44.2 Å². The number of carbonyl (C=O) groups excluding carboxylic acids is 1. The molecule has 0 saturated carbocycles. The van der Waals surface area contributed by atoms with Crippen molar-refractivity contribution >= 4 is 33.6 Å². The van der Waals surface area contributed by atoms with Crippen molar-refractivity contribution in [2.75, 3.05) is 5.32 Å². The molecule has 24 heavy (non-hydrogen) atoms. The Morgan fingerprint density at radius 1 is 1.12 bits per heavy atom. The first-order valence-corrected chi connectivity index (χ1v) is 7.78. The molecule has 2 aromatic carbocycles. The normalized spacial score (nSPS) is 11.3. The number of H-pyrrole nitrogens is 1. The van der Waals surface area contributed by atoms with E-state index in [0.29, 0.717) is 22.9 Å². The molecule has 0 saturated heterocycles. The van der Waals surface area contributed by atoms with Crippen LogP contribution >= 0.6 is 0 Å². The lowest BCUT2D eigenvalue weighted by atomic mass is 10.1. The maximum absolute atomic E-state index is 12.5. The largest absolute Gasteiger partial charge is 0.441 e. The lowest BCUT2D eigenvalue weighted by Gasteiger charge is -2.03. The quantitative estimate of drug-likeness (QED) is 0.572. The highest BCUT2D eigenvalue weighted by atomic mass is 16.3. The van der Waals surface area contributed by atoms with Gasteiger partial charge in [0.2, 0.25) is 0 Å². The summed E-state index contributed by atoms with van der Waals surface area (Å²) in [6.45, 7) is 5.89. The van der Waals surface area contributed by atoms with Crippen molar-refractivity contribution in [3.8, 4) is 0 Å². The summed E-state index contributed by atoms with van der Waals surface area (Å²) in [6.07, 6.45) is 0. The summed E-state index contributed by atoms with van der Waals surface area (Å²) in [5.41, 5.74) is 5.96. The molecular weight excluding hydrogens is 302 g/mol. The van der Waals surface area contributed by atoms with Crippen LogP contribution in [0.15, 0.2) is 40.8 Å². The van der Waals surface area contributed by atoms with Gasteiger partial charge in [-0.3, -0.25) is 4.79 Å². The zero-order chi connectivity index (χ0) is 16.8. The molecule has 4 rings (SSSR count). The minimum atomic E-state index is -0.178. The number of carbonyl (C=O) groups is 1. The Labute approximate surface area is 138 Å². The standard InChI is InChI=1S/C19H17N3O2/c1-10-6-11(2)14-9-17(22-15(14)7-10)19(23)21-13-4-5-18-16(8-13)20-12(3)24-18/h4-9,22H,1-3H3,(H,21,23). The van der Waals surface area contributed by atoms with Crippen molar-refractivity contribution in [2.24, 2.45) is 0 Å². The first-order valence-electron chi connectivity index (χ1n) is 7.78. The minimum Gasteiger partial charge on any atom is -0.441 e. The van der Waals surface area contributed by atoms with Crippen LogP contribution in [0, 0.1) is 20.8 Å². The number of hydrogen-bond acceptors (Lipinski definition) is 3. The van der Waals surface area contributed by atoms with Gasteiger partial charge in [0.25, 0.3) is 5.91 Å². The second-order valence-electron chi connectivity index (χ2n) is 6.10. The van der Waals surface area contributed by atoms with Gasteiger partial charge < -0.3 is 14.7 Å². The van der Waals surface area contributed by atoms with E-state index in [4.69, 9.17) is 4.42 Å². The minimum absolute atomic E-state index is 0.178. The van der Waals surface area contributed by atoms with Crippen LogP contribution in [0.25, 0.3) is 22.0 Å². The molecule has 0 bridgehead atoms. The fourth-order valence-electron chi connectivity index (χ4n) is 3.04. The van der Waals surface area contributed by atoms with Crippen LogP contribution in [-0.4, -0.2) is 15.9 Å². The molecule has 0 radical (unpaired) electrons. The van der Waals surface area contributed by atoms with Gasteiger partial charge in [0.15, 0.2) is 11.5 Å². The van der Waals surface area contributed by atoms with Crippen LogP contribution in [-0.2, 0) is 0 Å². The van der Waals surface area contributed by atoms with Crippen molar-refractivity contribution in [3.05, 3.63) is 59.1 Å². The van der Waals surface area contributed by atoms with Crippen LogP contribution in [0.1, 0.15) is 27.5 Å². The predicted molar refractivity (Wildman–Crippen MR) is 94.5 cm³/mol. The second kappa shape index (κ2) is 5.23. The molecule has 2 aromatic heterocycles. The number of hydrogen-bond donors (Lipinski definition) is 2. The smallest absolute Gasteiger partial charge is 0.272 e. The molecule has 5 heteroatoms. The van der Waals surface area contributed by atoms with Gasteiger partial charge in [-0.05, 0) is 55.3 Å². The van der Waals surface area contributed by atoms with Crippen LogP contribution in [0.3, 0.4) is 0 Å². The molecule has 0 aliphatic heterocycles. The number of aromatic nitrogens is 2. The van der Waals surface area contributed by atoms with Crippen molar-refractivity contribution in [1.82, 2.24) is 9.97 Å². The number of amides is 1. The summed E-state index contributed by atoms with van der Waals surface area (Å²) in [5.74, 6) is 0.428. The maximum Gasteiger partial charge on any atom is 0.272 e. The molecule has 0 fully saturated rings. The average molecular weight is 319 g/mol. The fourth-order valence-corrected chi connectivity index (χ4v) is 3.04. The summed E-state index contributed by atoms with van der Waals surface area (Å²) in [4.78, 5) is 20.0. The van der Waals surface area contributed by atoms with Crippen molar-refractivity contribution < 1.29 is 9.21 Å². The van der Waals surface area contributed by atoms with Gasteiger partial charge in [-0.25, -0.2) is 4.98 Å². The predicted octanol–water partition coefficient (Wildman–Crippen LogP) is 4.49. The van der Waals surface area contributed by atoms with Crippen molar-refractivity contribution in [2.45, 2.75) is 20.8 Å². The van der Waals surface area contributed by atoms with Crippen molar-refractivity contribution in [1.29, 1.82) is 0 Å². The average Bonchev–Trinajstić information content (AvgIpc) is 3.09. The highest BCUT2D eigenvalue weighted by Gasteiger charge is 2.12. The van der Waals surface area contributed by atoms with E-state index in [0.717, 1.165) is 22.0 Å². The van der Waals surface area contributed by atoms with Gasteiger partial charge in [0, 0.05) is 23.5 Å². The highest BCUT2D eigenvalue weighted by molar-refractivity contribution is 6.06. The molecule has 1 amide bonds. The number of rotatable bonds is 2. The molecule has 0 aliphatic rings. The van der Waals surface area contributed by atoms with Crippen LogP contribution in [0.2, 0.25) is 0 Å². The van der Waals surface area contributed by atoms with Crippen molar-refractivity contribution in [3.63, 3.8) is 0 Å². The van der Waals surface area contributed by atoms with Gasteiger partial charge in [0.05, 0.1) is 0 Å². The first kappa shape index (κ1) is 14.5. The molecule has 0 aliphatic carbocycles. The Morgan fingerprint density at radius 3 is 2.79 bits per heavy atom. The van der Waals surface area contributed by atoms with E-state index in [2.05, 4.69) is 21.4 Å². The lowest BCUT2D eigenvalue weighted by Crippen LogP contribution is -2.12. The molecule has 2 N–H and O–H groups in total. The third-order valence-electron chi connectivity index (χ3n) is 4.09. The third kappa shape index (κ3) is 2.44. The van der Waals surface area contributed by atoms with E-state index in [-0.39, 0.29) is 5.91 Å². The van der Waals surface area contributed by atoms with E-state index in [1.165, 1.54) is 5.56 Å². The topological polar surface area (TPSA) is 70.9 Å². The van der Waals surface area contributed by atoms with Gasteiger partial charge in [-0.2, -0.15) is 0 Å². The number of aromatic amines is 1. The molecule has 0 unspecified atom stereocenters. The summed E-state index contributed by atoms with van der Waals surface area (Å²) >= 11 is 0. The Hall–Kier alpha value is -3.08. The van der Waals surface area contributed by atoms with E-state index >= 15 is 0 Å². The summed E-state index contributed by atoms with van der Waals surface area (Å²) in [5, 5.41) is 3.97. The van der Waals surface area contributed by atoms with Gasteiger partial charge in [0.1, 0.15) is 11.2 Å². The molecule has 2 heterocycles. The fraction of sp³-hybridized carbons (Fsp3) is 0.158. The number of nitrogens with zero attached hydrogens (tertiary/aromatic N) is 1. The molecule has 5 nitrogen and oxygen atoms in total. The summed E-state index contributed by atoms with van der Waals surface area (Å²) in [6, 6.07) is 11.5. The molecule has 0 atom stereocenters. The molecule has 120 valence electrons. The second-order valence-corrected chi connectivity index (χ2v) is 6.10. The Balaban J connectivity index is 1.66. The number of aryl methyl sites for hydroxylation is 3. The third-order valence-corrected chi connectivity index (χ3v) is 4.09. The first-order chi connectivity index (χ1) is 11.5. The van der Waals surface area contributed by atoms with Gasteiger partial charge in [-0.1, -0.05) is 6.07 Å². The van der Waals surface area contributed by atoms with Gasteiger partial charge >= 0.3 is 0 Å². The number of oxazole rings is 1. The Kier molecular flexibility index (Phi) is 3.16. The zero-order valence-electron chi connectivity index (χ0n) is 13.7. The molecule has 4 aromatic rings. The van der Waals surface area contributed by atoms with Crippen LogP contribution < -0.4 is 5.32 Å². The molecular formula is C19H17N3O2. The monoisotopic (exact) mass is 319 g/mol. The van der Waals surface area contributed by atoms with Crippen LogP contribution in [0.4, 0.5) is 5.69 Å². The SMILES string of the molecule is Cc1cc(C)c2cc(C(=O)Nc3ccc4oc(C)nc4c3)[nH]c2c1. The van der Waals surface area contributed by atoms with E-state index in [1.54, 1.807) is 6.92 Å². The maximum atomic E-state index is 12.5. The summed E-state index contributed by atoms with van der Waals surface area (Å²) < 4.78 is 5.45. The van der Waals surface area contributed by atoms with Gasteiger partial charge in [-0.15, -0.1) is 0 Å². The number of benzene rings is 2. The zero-order valence-corrected chi connectivity index (χ0v) is 13.7. The molecule has 0 spiro atoms. The summed E-state index contributed by atoms with van der Waals surface area (Å²) in [7, 11) is 0. The number of fused-ring (bicyclic) bond motifs is 2.